The first-order valence-corrected chi connectivity index (χ1v) is 17.2. The molecule has 0 radical (unpaired) electrons. The summed E-state index contributed by atoms with van der Waals surface area (Å²) in [7, 11) is 0. The minimum absolute atomic E-state index is 0.000373. The van der Waals surface area contributed by atoms with Crippen molar-refractivity contribution >= 4 is 23.7 Å². The monoisotopic (exact) mass is 680 g/mol. The van der Waals surface area contributed by atoms with Gasteiger partial charge < -0.3 is 37.5 Å². The first kappa shape index (κ1) is 46.8. The van der Waals surface area contributed by atoms with Crippen LogP contribution in [0.1, 0.15) is 92.1 Å². The number of hydrogen-bond donors (Lipinski definition) is 5. The molecule has 0 heterocycles. The molecule has 8 N–H and O–H groups in total. The molecule has 3 unspecified atom stereocenters. The summed E-state index contributed by atoms with van der Waals surface area (Å²) < 4.78 is 4.72. The maximum Gasteiger partial charge on any atom is 0.307 e. The fourth-order valence-corrected chi connectivity index (χ4v) is 3.72. The molecule has 0 aromatic heterocycles. The first-order chi connectivity index (χ1) is 23.5. The van der Waals surface area contributed by atoms with Gasteiger partial charge in [0.1, 0.15) is 0 Å². The Kier molecular flexibility index (Phi) is 30.8. The number of ether oxygens (including phenoxy) is 1. The zero-order valence-electron chi connectivity index (χ0n) is 30.5. The third-order valence-electron chi connectivity index (χ3n) is 6.43. The summed E-state index contributed by atoms with van der Waals surface area (Å²) >= 11 is 0. The lowest BCUT2D eigenvalue weighted by atomic mass is 10.1. The molecule has 49 heavy (non-hydrogen) atoms. The van der Waals surface area contributed by atoms with Gasteiger partial charge in [-0.2, -0.15) is 0 Å². The van der Waals surface area contributed by atoms with E-state index in [4.69, 9.17) is 21.9 Å². The minimum Gasteiger partial charge on any atom is -0.466 e. The van der Waals surface area contributed by atoms with Crippen LogP contribution >= 0.6 is 0 Å². The summed E-state index contributed by atoms with van der Waals surface area (Å²) in [4.78, 5) is 47.4. The average Bonchev–Trinajstić information content (AvgIpc) is 3.10. The number of carbonyl (C=O) groups is 4. The second kappa shape index (κ2) is 32.2. The maximum atomic E-state index is 11.6. The molecule has 1 aromatic carbocycles. The predicted molar refractivity (Wildman–Crippen MR) is 197 cm³/mol. The third kappa shape index (κ3) is 26.3. The summed E-state index contributed by atoms with van der Waals surface area (Å²) in [5.41, 5.74) is 18.2. The van der Waals surface area contributed by atoms with E-state index in [-0.39, 0.29) is 36.7 Å². The van der Waals surface area contributed by atoms with E-state index in [1.807, 2.05) is 65.0 Å². The lowest BCUT2D eigenvalue weighted by molar-refractivity contribution is -0.143. The molecule has 0 aliphatic carbocycles. The predicted octanol–water partition coefficient (Wildman–Crippen LogP) is 2.65. The van der Waals surface area contributed by atoms with Crippen molar-refractivity contribution in [2.75, 3.05) is 32.8 Å². The van der Waals surface area contributed by atoms with Gasteiger partial charge in [0.05, 0.1) is 31.2 Å². The van der Waals surface area contributed by atoms with Gasteiger partial charge >= 0.3 is 5.97 Å². The van der Waals surface area contributed by atoms with Gasteiger partial charge in [-0.3, -0.25) is 19.2 Å². The summed E-state index contributed by atoms with van der Waals surface area (Å²) in [5, 5.41) is 5.39. The van der Waals surface area contributed by atoms with Gasteiger partial charge in [0.25, 0.3) is 0 Å². The van der Waals surface area contributed by atoms with Crippen molar-refractivity contribution in [1.82, 2.24) is 15.5 Å². The topological polar surface area (TPSA) is 183 Å². The largest absolute Gasteiger partial charge is 0.466 e. The van der Waals surface area contributed by atoms with E-state index in [2.05, 4.69) is 46.2 Å². The van der Waals surface area contributed by atoms with Gasteiger partial charge in [0.15, 0.2) is 0 Å². The molecule has 0 aliphatic rings. The van der Waals surface area contributed by atoms with E-state index in [1.165, 1.54) is 5.56 Å². The molecule has 0 bridgehead atoms. The fourth-order valence-electron chi connectivity index (χ4n) is 3.72. The van der Waals surface area contributed by atoms with E-state index in [0.717, 1.165) is 25.7 Å². The number of hydrogen-bond acceptors (Lipinski definition) is 8. The molecule has 3 amide bonds. The third-order valence-corrected chi connectivity index (χ3v) is 6.43. The zero-order chi connectivity index (χ0) is 37.3. The second-order valence-corrected chi connectivity index (χ2v) is 10.4. The van der Waals surface area contributed by atoms with Gasteiger partial charge in [0, 0.05) is 64.7 Å². The number of carbonyl (C=O) groups excluding carboxylic acids is 4. The standard InChI is InChI=1S/C15H20N2O.C12H20N2O3.C11H20N2O/c1-2-3-5-10-14(16)15(18)17-12-11-13-8-6-4-7-9-13;1-3-5-6-7-10(13)12(16)14-9-8-11(15)17-4-2;1-4-7-8-9-10(12)11(14)13(5-2)6-3/h4,6-9,14H,2,10-12,16H2,1H3,(H,17,18);10H,3-4,7-9,13H2,1-2H3,(H,14,16);10H,4-6,9,12H2,1-3H3. The van der Waals surface area contributed by atoms with Crippen molar-refractivity contribution in [2.24, 2.45) is 17.2 Å². The van der Waals surface area contributed by atoms with Gasteiger partial charge in [-0.1, -0.05) is 51.1 Å². The number of nitrogens with zero attached hydrogens (tertiary/aromatic N) is 1. The first-order valence-electron chi connectivity index (χ1n) is 17.2. The second-order valence-electron chi connectivity index (χ2n) is 10.4. The molecule has 1 rings (SSSR count). The van der Waals surface area contributed by atoms with Crippen molar-refractivity contribution in [2.45, 2.75) is 111 Å². The number of esters is 1. The van der Waals surface area contributed by atoms with Crippen molar-refractivity contribution in [3.05, 3.63) is 35.9 Å². The van der Waals surface area contributed by atoms with Gasteiger partial charge in [-0.25, -0.2) is 0 Å². The highest BCUT2D eigenvalue weighted by Gasteiger charge is 2.17. The van der Waals surface area contributed by atoms with Crippen LogP contribution in [0.3, 0.4) is 0 Å². The number of benzene rings is 1. The highest BCUT2D eigenvalue weighted by atomic mass is 16.5. The van der Waals surface area contributed by atoms with E-state index in [9.17, 15) is 19.2 Å². The zero-order valence-corrected chi connectivity index (χ0v) is 30.5. The Morgan fingerprint density at radius 1 is 0.673 bits per heavy atom. The van der Waals surface area contributed by atoms with Crippen LogP contribution in [-0.2, 0) is 30.3 Å². The molecule has 0 fully saturated rings. The molecule has 11 nitrogen and oxygen atoms in total. The van der Waals surface area contributed by atoms with Crippen LogP contribution in [0.4, 0.5) is 0 Å². The lowest BCUT2D eigenvalue weighted by Crippen LogP contribution is -2.43. The average molecular weight is 681 g/mol. The molecular weight excluding hydrogens is 620 g/mol. The highest BCUT2D eigenvalue weighted by molar-refractivity contribution is 5.83. The molecule has 0 spiro atoms. The minimum atomic E-state index is -0.642. The van der Waals surface area contributed by atoms with Crippen LogP contribution in [-0.4, -0.2) is 79.5 Å². The molecule has 3 atom stereocenters. The Labute approximate surface area is 295 Å². The van der Waals surface area contributed by atoms with E-state index in [1.54, 1.807) is 11.8 Å². The summed E-state index contributed by atoms with van der Waals surface area (Å²) in [5.74, 6) is 16.5. The van der Waals surface area contributed by atoms with Crippen LogP contribution < -0.4 is 27.8 Å². The van der Waals surface area contributed by atoms with Gasteiger partial charge in [-0.15, -0.1) is 35.5 Å². The van der Waals surface area contributed by atoms with E-state index in [0.29, 0.717) is 45.5 Å². The number of rotatable bonds is 15. The quantitative estimate of drug-likeness (QED) is 0.138. The number of amides is 3. The number of likely N-dealkylation sites (N-methyl/N-ethyl adjacent to an activating group) is 1. The SMILES string of the molecule is CCC#CCC(N)C(=O)N(CC)CC.CCC#CCC(N)C(=O)NCCC(=O)OCC.CCC#CCC(N)C(=O)NCCc1ccccc1. The van der Waals surface area contributed by atoms with Crippen molar-refractivity contribution < 1.29 is 23.9 Å². The maximum absolute atomic E-state index is 11.6. The Morgan fingerprint density at radius 3 is 1.55 bits per heavy atom. The molecule has 272 valence electrons. The molecule has 0 saturated carbocycles. The summed E-state index contributed by atoms with van der Waals surface area (Å²) in [6, 6.07) is 8.40. The smallest absolute Gasteiger partial charge is 0.307 e. The molecule has 1 aromatic rings. The molecule has 0 aliphatic heterocycles. The number of nitrogens with two attached hydrogens (primary N) is 3. The van der Waals surface area contributed by atoms with Crippen molar-refractivity contribution in [3.8, 4) is 35.5 Å². The Balaban J connectivity index is 0. The number of nitrogens with one attached hydrogen (secondary N) is 2. The van der Waals surface area contributed by atoms with Crippen LogP contribution in [0.25, 0.3) is 0 Å². The summed E-state index contributed by atoms with van der Waals surface area (Å²) in [6.45, 7) is 14.1. The molecular formula is C38H60N6O5. The van der Waals surface area contributed by atoms with E-state index < -0.39 is 18.1 Å². The molecule has 11 heteroatoms. The van der Waals surface area contributed by atoms with Gasteiger partial charge in [0.2, 0.25) is 17.7 Å². The normalized spacial score (nSPS) is 11.2. The summed E-state index contributed by atoms with van der Waals surface area (Å²) in [6.07, 6.45) is 4.55. The highest BCUT2D eigenvalue weighted by Crippen LogP contribution is 1.99. The Hall–Kier alpha value is -4.34. The Bertz CT molecular complexity index is 1250. The van der Waals surface area contributed by atoms with Crippen LogP contribution in [0.15, 0.2) is 30.3 Å². The van der Waals surface area contributed by atoms with Crippen LogP contribution in [0.2, 0.25) is 0 Å². The molecule has 0 saturated heterocycles. The van der Waals surface area contributed by atoms with E-state index >= 15 is 0 Å². The van der Waals surface area contributed by atoms with Gasteiger partial charge in [-0.05, 0) is 32.8 Å². The van der Waals surface area contributed by atoms with Crippen molar-refractivity contribution in [3.63, 3.8) is 0 Å². The lowest BCUT2D eigenvalue weighted by Gasteiger charge is -2.21. The fraction of sp³-hybridized carbons (Fsp3) is 0.579. The van der Waals surface area contributed by atoms with Crippen LogP contribution in [0, 0.1) is 35.5 Å². The van der Waals surface area contributed by atoms with Crippen LogP contribution in [0.5, 0.6) is 0 Å². The Morgan fingerprint density at radius 2 is 1.12 bits per heavy atom. The van der Waals surface area contributed by atoms with Crippen molar-refractivity contribution in [1.29, 1.82) is 0 Å².